The van der Waals surface area contributed by atoms with E-state index in [-0.39, 0.29) is 31.0 Å². The van der Waals surface area contributed by atoms with Crippen LogP contribution in [0.5, 0.6) is 0 Å². The van der Waals surface area contributed by atoms with Crippen LogP contribution in [0.25, 0.3) is 5.69 Å². The molecule has 0 unspecified atom stereocenters. The number of nitrogens with zero attached hydrogens (tertiary/aromatic N) is 4. The highest BCUT2D eigenvalue weighted by molar-refractivity contribution is 5.95. The van der Waals surface area contributed by atoms with Gasteiger partial charge >= 0.3 is 12.2 Å². The molecule has 0 aliphatic heterocycles. The summed E-state index contributed by atoms with van der Waals surface area (Å²) in [5, 5.41) is 19.7. The van der Waals surface area contributed by atoms with Crippen molar-refractivity contribution >= 4 is 11.9 Å². The number of aromatic nitrogens is 4. The smallest absolute Gasteiger partial charge is 0.425 e. The Morgan fingerprint density at radius 1 is 1.05 bits per heavy atom. The predicted molar refractivity (Wildman–Crippen MR) is 131 cm³/mol. The summed E-state index contributed by atoms with van der Waals surface area (Å²) in [5.41, 5.74) is -1.48. The quantitative estimate of drug-likeness (QED) is 0.374. The fraction of sp³-hybridized carbons (Fsp3) is 0.480. The van der Waals surface area contributed by atoms with E-state index < -0.39 is 29.4 Å². The number of amides is 3. The van der Waals surface area contributed by atoms with Crippen molar-refractivity contribution < 1.29 is 27.2 Å². The molecule has 1 aromatic carbocycles. The molecule has 204 valence electrons. The van der Waals surface area contributed by atoms with E-state index in [9.17, 15) is 22.8 Å². The van der Waals surface area contributed by atoms with Crippen LogP contribution >= 0.6 is 0 Å². The predicted octanol–water partition coefficient (Wildman–Crippen LogP) is 4.15. The van der Waals surface area contributed by atoms with Gasteiger partial charge in [0.2, 0.25) is 11.8 Å². The molecule has 1 aliphatic carbocycles. The molecule has 0 atom stereocenters. The molecule has 4 rings (SSSR count). The second-order valence-corrected chi connectivity index (χ2v) is 9.51. The normalized spacial score (nSPS) is 17.8. The lowest BCUT2D eigenvalue weighted by Gasteiger charge is -2.27. The first-order valence-corrected chi connectivity index (χ1v) is 12.5. The van der Waals surface area contributed by atoms with Crippen LogP contribution < -0.4 is 16.0 Å². The van der Waals surface area contributed by atoms with Crippen molar-refractivity contribution in [2.24, 2.45) is 0 Å². The van der Waals surface area contributed by atoms with Crippen molar-refractivity contribution in [1.82, 2.24) is 35.9 Å². The third kappa shape index (κ3) is 6.69. The van der Waals surface area contributed by atoms with E-state index in [1.807, 2.05) is 13.8 Å². The van der Waals surface area contributed by atoms with E-state index in [0.29, 0.717) is 17.5 Å². The van der Waals surface area contributed by atoms with E-state index in [2.05, 4.69) is 31.2 Å². The summed E-state index contributed by atoms with van der Waals surface area (Å²) in [5.74, 6) is 0.656. The number of benzene rings is 1. The van der Waals surface area contributed by atoms with Crippen LogP contribution in [0.4, 0.5) is 18.0 Å². The minimum Gasteiger partial charge on any atom is -0.425 e. The highest BCUT2D eigenvalue weighted by Gasteiger charge is 2.39. The monoisotopic (exact) mass is 533 g/mol. The van der Waals surface area contributed by atoms with Gasteiger partial charge in [0.05, 0.1) is 11.3 Å². The maximum atomic E-state index is 13.5. The number of nitrogens with one attached hydrogen (secondary N) is 3. The topological polar surface area (TPSA) is 127 Å². The number of carbonyl (C=O) groups is 2. The number of hydrogen-bond acceptors (Lipinski definition) is 6. The summed E-state index contributed by atoms with van der Waals surface area (Å²) < 4.78 is 47.2. The third-order valence-electron chi connectivity index (χ3n) is 6.31. The van der Waals surface area contributed by atoms with Crippen LogP contribution in [0, 0.1) is 0 Å². The first-order valence-electron chi connectivity index (χ1n) is 12.5. The SMILES string of the molecule is CC(C)c1nnc(C2CCC(NC(=O)NCCNC(=O)c3cn(-c4ccccc4)nc3C(F)(F)F)CC2)o1. The Labute approximate surface area is 217 Å². The molecule has 2 aromatic heterocycles. The maximum absolute atomic E-state index is 13.5. The number of carbonyl (C=O) groups excluding carboxylic acids is 2. The molecule has 0 saturated heterocycles. The molecule has 2 heterocycles. The van der Waals surface area contributed by atoms with Crippen molar-refractivity contribution in [1.29, 1.82) is 0 Å². The Bertz CT molecular complexity index is 1230. The first-order chi connectivity index (χ1) is 18.1. The van der Waals surface area contributed by atoms with Crippen LogP contribution in [-0.4, -0.2) is 51.0 Å². The number of alkyl halides is 3. The second-order valence-electron chi connectivity index (χ2n) is 9.51. The molecule has 3 aromatic rings. The summed E-state index contributed by atoms with van der Waals surface area (Å²) in [6.07, 6.45) is -0.649. The first kappa shape index (κ1) is 27.1. The highest BCUT2D eigenvalue weighted by atomic mass is 19.4. The van der Waals surface area contributed by atoms with Gasteiger partial charge in [0.25, 0.3) is 5.91 Å². The average Bonchev–Trinajstić information content (AvgIpc) is 3.56. The highest BCUT2D eigenvalue weighted by Crippen LogP contribution is 2.33. The Balaban J connectivity index is 1.21. The van der Waals surface area contributed by atoms with Crippen LogP contribution in [0.2, 0.25) is 0 Å². The zero-order valence-corrected chi connectivity index (χ0v) is 21.1. The lowest BCUT2D eigenvalue weighted by atomic mass is 9.86. The van der Waals surface area contributed by atoms with Crippen molar-refractivity contribution in [2.75, 3.05) is 13.1 Å². The fourth-order valence-corrected chi connectivity index (χ4v) is 4.28. The van der Waals surface area contributed by atoms with Gasteiger partial charge in [0.1, 0.15) is 0 Å². The maximum Gasteiger partial charge on any atom is 0.435 e. The molecule has 13 heteroatoms. The molecule has 3 N–H and O–H groups in total. The lowest BCUT2D eigenvalue weighted by Crippen LogP contribution is -2.45. The number of para-hydroxylation sites is 1. The largest absolute Gasteiger partial charge is 0.435 e. The summed E-state index contributed by atoms with van der Waals surface area (Å²) in [6.45, 7) is 3.96. The van der Waals surface area contributed by atoms with Gasteiger partial charge < -0.3 is 20.4 Å². The second kappa shape index (κ2) is 11.7. The number of halogens is 3. The van der Waals surface area contributed by atoms with Gasteiger partial charge in [-0.1, -0.05) is 32.0 Å². The number of urea groups is 1. The summed E-state index contributed by atoms with van der Waals surface area (Å²) in [7, 11) is 0. The molecule has 0 radical (unpaired) electrons. The van der Waals surface area contributed by atoms with E-state index in [1.54, 1.807) is 30.3 Å². The van der Waals surface area contributed by atoms with Gasteiger partial charge in [-0.2, -0.15) is 18.3 Å². The lowest BCUT2D eigenvalue weighted by molar-refractivity contribution is -0.141. The minimum absolute atomic E-state index is 0.0218. The average molecular weight is 534 g/mol. The molecule has 0 spiro atoms. The van der Waals surface area contributed by atoms with Crippen molar-refractivity contribution in [3.05, 3.63) is 59.6 Å². The van der Waals surface area contributed by atoms with Gasteiger partial charge in [-0.05, 0) is 37.8 Å². The summed E-state index contributed by atoms with van der Waals surface area (Å²) >= 11 is 0. The van der Waals surface area contributed by atoms with Gasteiger partial charge in [-0.15, -0.1) is 10.2 Å². The molecule has 0 bridgehead atoms. The Morgan fingerprint density at radius 3 is 2.37 bits per heavy atom. The van der Waals surface area contributed by atoms with Crippen LogP contribution in [0.1, 0.15) is 79.2 Å². The molecule has 10 nitrogen and oxygen atoms in total. The number of hydrogen-bond donors (Lipinski definition) is 3. The standard InChI is InChI=1S/C25H30F3N7O3/c1-15(2)22-32-33-23(38-22)16-8-10-17(11-9-16)31-24(37)30-13-12-29-21(36)19-14-35(18-6-4-3-5-7-18)34-20(19)25(26,27)28/h3-7,14-17H,8-13H2,1-2H3,(H,29,36)(H2,30,31,37). The molecule has 1 saturated carbocycles. The number of rotatable bonds is 8. The molecule has 38 heavy (non-hydrogen) atoms. The van der Waals surface area contributed by atoms with Crippen LogP contribution in [0.3, 0.4) is 0 Å². The zero-order valence-electron chi connectivity index (χ0n) is 21.1. The Kier molecular flexibility index (Phi) is 8.32. The van der Waals surface area contributed by atoms with Gasteiger partial charge in [-0.25, -0.2) is 9.48 Å². The zero-order chi connectivity index (χ0) is 27.3. The molecule has 1 aliphatic rings. The van der Waals surface area contributed by atoms with E-state index in [0.717, 1.165) is 36.6 Å². The molecule has 3 amide bonds. The summed E-state index contributed by atoms with van der Waals surface area (Å²) in [6, 6.07) is 7.76. The van der Waals surface area contributed by atoms with Gasteiger partial charge in [0.15, 0.2) is 5.69 Å². The third-order valence-corrected chi connectivity index (χ3v) is 6.31. The summed E-state index contributed by atoms with van der Waals surface area (Å²) in [4.78, 5) is 24.8. The van der Waals surface area contributed by atoms with E-state index >= 15 is 0 Å². The van der Waals surface area contributed by atoms with Gasteiger partial charge in [0, 0.05) is 37.2 Å². The van der Waals surface area contributed by atoms with Crippen molar-refractivity contribution in [3.63, 3.8) is 0 Å². The fourth-order valence-electron chi connectivity index (χ4n) is 4.28. The molecular formula is C25H30F3N7O3. The van der Waals surface area contributed by atoms with E-state index in [1.165, 1.54) is 0 Å². The van der Waals surface area contributed by atoms with E-state index in [4.69, 9.17) is 4.42 Å². The van der Waals surface area contributed by atoms with Crippen LogP contribution in [-0.2, 0) is 6.18 Å². The Hall–Kier alpha value is -3.90. The molecule has 1 fully saturated rings. The Morgan fingerprint density at radius 2 is 1.74 bits per heavy atom. The van der Waals surface area contributed by atoms with Crippen molar-refractivity contribution in [3.8, 4) is 5.69 Å². The van der Waals surface area contributed by atoms with Gasteiger partial charge in [-0.3, -0.25) is 4.79 Å². The minimum atomic E-state index is -4.80. The van der Waals surface area contributed by atoms with Crippen molar-refractivity contribution in [2.45, 2.75) is 63.6 Å². The van der Waals surface area contributed by atoms with Crippen LogP contribution in [0.15, 0.2) is 40.9 Å². The molecular weight excluding hydrogens is 503 g/mol.